The molecule has 0 spiro atoms. The smallest absolute Gasteiger partial charge is 0.306 e. The molecule has 0 unspecified atom stereocenters. The number of nitriles is 1. The fourth-order valence-corrected chi connectivity index (χ4v) is 1.37. The Hall–Kier alpha value is -2.42. The number of carbonyl (C=O) groups excluding carboxylic acids is 1. The maximum atomic E-state index is 11.6. The maximum absolute atomic E-state index is 11.6. The van der Waals surface area contributed by atoms with Crippen LogP contribution in [0.3, 0.4) is 0 Å². The van der Waals surface area contributed by atoms with Gasteiger partial charge in [0.1, 0.15) is 18.3 Å². The van der Waals surface area contributed by atoms with Crippen LogP contribution in [0, 0.1) is 11.3 Å². The highest BCUT2D eigenvalue weighted by molar-refractivity contribution is 5.70. The van der Waals surface area contributed by atoms with Gasteiger partial charge >= 0.3 is 5.97 Å². The van der Waals surface area contributed by atoms with Crippen LogP contribution in [0.2, 0.25) is 0 Å². The fraction of sp³-hybridized carbons (Fsp3) is 0.467. The molecule has 21 heavy (non-hydrogen) atoms. The van der Waals surface area contributed by atoms with Gasteiger partial charge in [-0.3, -0.25) is 4.79 Å². The zero-order valence-corrected chi connectivity index (χ0v) is 12.5. The lowest BCUT2D eigenvalue weighted by molar-refractivity contribution is -0.154. The van der Waals surface area contributed by atoms with Crippen molar-refractivity contribution in [2.75, 3.05) is 6.61 Å². The quantitative estimate of drug-likeness (QED) is 0.590. The van der Waals surface area contributed by atoms with Crippen molar-refractivity contribution >= 4 is 5.97 Å². The number of nitrogens with zero attached hydrogens (tertiary/aromatic N) is 3. The normalized spacial score (nSPS) is 10.6. The fourth-order valence-electron chi connectivity index (χ4n) is 1.37. The van der Waals surface area contributed by atoms with Crippen molar-refractivity contribution in [3.05, 3.63) is 30.2 Å². The number of carbonyl (C=O) groups is 1. The van der Waals surface area contributed by atoms with Crippen LogP contribution in [0.1, 0.15) is 39.3 Å². The average Bonchev–Trinajstić information content (AvgIpc) is 2.41. The van der Waals surface area contributed by atoms with Crippen LogP contribution in [0.5, 0.6) is 5.88 Å². The van der Waals surface area contributed by atoms with Crippen molar-refractivity contribution in [3.63, 3.8) is 0 Å². The molecule has 0 saturated heterocycles. The molecule has 0 aliphatic rings. The third-order valence-electron chi connectivity index (χ3n) is 2.27. The second-order valence-corrected chi connectivity index (χ2v) is 5.48. The van der Waals surface area contributed by atoms with E-state index in [1.807, 2.05) is 26.8 Å². The Bertz CT molecular complexity index is 539. The minimum absolute atomic E-state index is 0.228. The zero-order chi connectivity index (χ0) is 15.9. The van der Waals surface area contributed by atoms with Crippen LogP contribution in [-0.4, -0.2) is 28.1 Å². The Labute approximate surface area is 124 Å². The molecule has 0 radical (unpaired) electrons. The zero-order valence-electron chi connectivity index (χ0n) is 12.5. The molecule has 0 aromatic carbocycles. The van der Waals surface area contributed by atoms with E-state index in [4.69, 9.17) is 14.7 Å². The van der Waals surface area contributed by atoms with Crippen LogP contribution < -0.4 is 4.74 Å². The van der Waals surface area contributed by atoms with Gasteiger partial charge in [-0.05, 0) is 32.8 Å². The first-order valence-corrected chi connectivity index (χ1v) is 6.53. The molecule has 1 aromatic heterocycles. The van der Waals surface area contributed by atoms with Crippen LogP contribution in [0.4, 0.5) is 0 Å². The molecular formula is C15H19N3O3. The van der Waals surface area contributed by atoms with E-state index >= 15 is 0 Å². The van der Waals surface area contributed by atoms with Crippen molar-refractivity contribution < 1.29 is 14.3 Å². The molecule has 0 N–H and O–H groups in total. The first kappa shape index (κ1) is 16.6. The summed E-state index contributed by atoms with van der Waals surface area (Å²) in [5, 5.41) is 8.60. The number of aromatic nitrogens is 2. The molecule has 1 aromatic rings. The van der Waals surface area contributed by atoms with E-state index in [0.29, 0.717) is 12.3 Å². The third-order valence-corrected chi connectivity index (χ3v) is 2.27. The Kier molecular flexibility index (Phi) is 5.85. The first-order chi connectivity index (χ1) is 9.80. The van der Waals surface area contributed by atoms with E-state index in [0.717, 1.165) is 5.57 Å². The van der Waals surface area contributed by atoms with Crippen molar-refractivity contribution in [1.29, 1.82) is 5.26 Å². The lowest BCUT2D eigenvalue weighted by Crippen LogP contribution is -2.23. The Morgan fingerprint density at radius 1 is 1.33 bits per heavy atom. The predicted molar refractivity (Wildman–Crippen MR) is 76.5 cm³/mol. The van der Waals surface area contributed by atoms with Gasteiger partial charge in [0.15, 0.2) is 5.69 Å². The van der Waals surface area contributed by atoms with Crippen molar-refractivity contribution in [2.24, 2.45) is 0 Å². The second kappa shape index (κ2) is 7.39. The van der Waals surface area contributed by atoms with Crippen molar-refractivity contribution in [1.82, 2.24) is 9.97 Å². The van der Waals surface area contributed by atoms with Gasteiger partial charge in [0.25, 0.3) is 0 Å². The van der Waals surface area contributed by atoms with E-state index in [-0.39, 0.29) is 24.7 Å². The van der Waals surface area contributed by atoms with Gasteiger partial charge in [-0.1, -0.05) is 6.58 Å². The summed E-state index contributed by atoms with van der Waals surface area (Å²) < 4.78 is 10.6. The molecule has 1 rings (SSSR count). The third kappa shape index (κ3) is 7.06. The van der Waals surface area contributed by atoms with Gasteiger partial charge in [-0.25, -0.2) is 9.97 Å². The van der Waals surface area contributed by atoms with Gasteiger partial charge in [0, 0.05) is 6.42 Å². The largest absolute Gasteiger partial charge is 0.472 e. The number of rotatable bonds is 6. The Morgan fingerprint density at radius 3 is 2.57 bits per heavy atom. The molecular weight excluding hydrogens is 270 g/mol. The topological polar surface area (TPSA) is 85.1 Å². The summed E-state index contributed by atoms with van der Waals surface area (Å²) in [6.45, 7) is 9.56. The van der Waals surface area contributed by atoms with Crippen molar-refractivity contribution in [2.45, 2.75) is 39.2 Å². The molecule has 0 aliphatic heterocycles. The lowest BCUT2D eigenvalue weighted by atomic mass is 10.1. The molecule has 0 amide bonds. The van der Waals surface area contributed by atoms with Crippen molar-refractivity contribution in [3.8, 4) is 11.9 Å². The highest BCUT2D eigenvalue weighted by atomic mass is 16.6. The molecule has 1 heterocycles. The van der Waals surface area contributed by atoms with E-state index in [1.54, 1.807) is 0 Å². The minimum atomic E-state index is -0.479. The number of ether oxygens (including phenoxy) is 2. The summed E-state index contributed by atoms with van der Waals surface area (Å²) >= 11 is 0. The van der Waals surface area contributed by atoms with Gasteiger partial charge in [-0.2, -0.15) is 5.26 Å². The summed E-state index contributed by atoms with van der Waals surface area (Å²) in [5.41, 5.74) is 0.505. The van der Waals surface area contributed by atoms with Crippen LogP contribution in [-0.2, 0) is 9.53 Å². The molecule has 0 fully saturated rings. The molecule has 0 aliphatic carbocycles. The maximum Gasteiger partial charge on any atom is 0.306 e. The van der Waals surface area contributed by atoms with Crippen LogP contribution in [0.25, 0.3) is 0 Å². The SMILES string of the molecule is C=C(CCC(=O)OC(C)(C)C)COc1cnc(C#N)cn1. The van der Waals surface area contributed by atoms with Crippen LogP contribution in [0.15, 0.2) is 24.5 Å². The molecule has 6 heteroatoms. The van der Waals surface area contributed by atoms with E-state index in [1.165, 1.54) is 12.4 Å². The minimum Gasteiger partial charge on any atom is -0.472 e. The molecule has 0 bridgehead atoms. The van der Waals surface area contributed by atoms with Gasteiger partial charge in [0.05, 0.1) is 12.4 Å². The summed E-state index contributed by atoms with van der Waals surface area (Å²) in [5.74, 6) is 0.0502. The van der Waals surface area contributed by atoms with E-state index in [2.05, 4.69) is 16.5 Å². The summed E-state index contributed by atoms with van der Waals surface area (Å²) in [6.07, 6.45) is 3.45. The number of hydrogen-bond donors (Lipinski definition) is 0. The average molecular weight is 289 g/mol. The van der Waals surface area contributed by atoms with Gasteiger partial charge < -0.3 is 9.47 Å². The summed E-state index contributed by atoms with van der Waals surface area (Å²) in [6, 6.07) is 1.87. The monoisotopic (exact) mass is 289 g/mol. The highest BCUT2D eigenvalue weighted by Crippen LogP contribution is 2.12. The first-order valence-electron chi connectivity index (χ1n) is 6.53. The predicted octanol–water partition coefficient (Wildman–Crippen LogP) is 2.41. The van der Waals surface area contributed by atoms with Gasteiger partial charge in [-0.15, -0.1) is 0 Å². The second-order valence-electron chi connectivity index (χ2n) is 5.48. The number of hydrogen-bond acceptors (Lipinski definition) is 6. The molecule has 112 valence electrons. The summed E-state index contributed by atoms with van der Waals surface area (Å²) in [4.78, 5) is 19.3. The molecule has 0 saturated carbocycles. The van der Waals surface area contributed by atoms with E-state index < -0.39 is 5.60 Å². The Morgan fingerprint density at radius 2 is 2.05 bits per heavy atom. The molecule has 6 nitrogen and oxygen atoms in total. The highest BCUT2D eigenvalue weighted by Gasteiger charge is 2.16. The lowest BCUT2D eigenvalue weighted by Gasteiger charge is -2.19. The standard InChI is InChI=1S/C15H19N3O3/c1-11(5-6-14(19)21-15(2,3)4)10-20-13-9-17-12(7-16)8-18-13/h8-9H,1,5-6,10H2,2-4H3. The number of esters is 1. The van der Waals surface area contributed by atoms with Gasteiger partial charge in [0.2, 0.25) is 5.88 Å². The Balaban J connectivity index is 2.31. The molecule has 0 atom stereocenters. The van der Waals surface area contributed by atoms with E-state index in [9.17, 15) is 4.79 Å². The summed E-state index contributed by atoms with van der Waals surface area (Å²) in [7, 11) is 0. The van der Waals surface area contributed by atoms with Crippen LogP contribution >= 0.6 is 0 Å².